The second-order valence-corrected chi connectivity index (χ2v) is 5.90. The number of para-hydroxylation sites is 1. The average molecular weight is 340 g/mol. The molecular weight excluding hydrogens is 320 g/mol. The van der Waals surface area contributed by atoms with Crippen molar-refractivity contribution < 1.29 is 19.1 Å². The minimum atomic E-state index is -1.19. The molecule has 0 radical (unpaired) electrons. The Kier molecular flexibility index (Phi) is 5.89. The van der Waals surface area contributed by atoms with E-state index in [1.807, 2.05) is 19.9 Å². The highest BCUT2D eigenvalue weighted by atomic mass is 16.6. The molecule has 0 aliphatic rings. The van der Waals surface area contributed by atoms with Gasteiger partial charge in [0, 0.05) is 12.1 Å². The molecule has 0 aliphatic carbocycles. The first-order valence-electron chi connectivity index (χ1n) is 7.87. The van der Waals surface area contributed by atoms with Gasteiger partial charge in [-0.15, -0.1) is 0 Å². The monoisotopic (exact) mass is 340 g/mol. The van der Waals surface area contributed by atoms with Crippen LogP contribution >= 0.6 is 0 Å². The highest BCUT2D eigenvalue weighted by Gasteiger charge is 2.24. The van der Waals surface area contributed by atoms with Gasteiger partial charge in [0.1, 0.15) is 0 Å². The smallest absolute Gasteiger partial charge is 0.373 e. The molecule has 0 spiro atoms. The number of nitrogens with two attached hydrogens (primary N) is 1. The summed E-state index contributed by atoms with van der Waals surface area (Å²) in [5.41, 5.74) is 5.90. The fourth-order valence-corrected chi connectivity index (χ4v) is 2.42. The van der Waals surface area contributed by atoms with Crippen LogP contribution in [-0.2, 0) is 4.74 Å². The Morgan fingerprint density at radius 3 is 2.20 bits per heavy atom. The molecule has 2 rings (SSSR count). The van der Waals surface area contributed by atoms with Gasteiger partial charge < -0.3 is 15.4 Å². The topological polar surface area (TPSA) is 89.7 Å². The molecule has 0 aliphatic heterocycles. The number of anilines is 1. The van der Waals surface area contributed by atoms with Crippen molar-refractivity contribution in [3.8, 4) is 0 Å². The third-order valence-electron chi connectivity index (χ3n) is 3.42. The molecule has 6 heteroatoms. The molecule has 0 saturated carbocycles. The number of hydrogen-bond donors (Lipinski definition) is 1. The predicted octanol–water partition coefficient (Wildman–Crippen LogP) is 3.22. The maximum Gasteiger partial charge on any atom is 0.412 e. The zero-order valence-electron chi connectivity index (χ0n) is 14.1. The minimum absolute atomic E-state index is 0.103. The van der Waals surface area contributed by atoms with Crippen molar-refractivity contribution in [1.82, 2.24) is 0 Å². The molecule has 2 amide bonds. The molecule has 6 nitrogen and oxygen atoms in total. The van der Waals surface area contributed by atoms with Crippen LogP contribution in [0, 0.1) is 5.92 Å². The number of carbonyl (C=O) groups excluding carboxylic acids is 3. The summed E-state index contributed by atoms with van der Waals surface area (Å²) in [5.74, 6) is -0.973. The summed E-state index contributed by atoms with van der Waals surface area (Å²) >= 11 is 0. The summed E-state index contributed by atoms with van der Waals surface area (Å²) in [6, 6.07) is 15.3. The lowest BCUT2D eigenvalue weighted by molar-refractivity contribution is 0.0639. The number of hydrogen-bond acceptors (Lipinski definition) is 4. The molecule has 2 aromatic rings. The summed E-state index contributed by atoms with van der Waals surface area (Å²) in [5, 5.41) is 0. The van der Waals surface area contributed by atoms with Crippen molar-refractivity contribution >= 4 is 23.7 Å². The molecular formula is C19H20N2O4. The fraction of sp³-hybridized carbons (Fsp3) is 0.211. The molecule has 0 saturated heterocycles. The van der Waals surface area contributed by atoms with Crippen molar-refractivity contribution in [1.29, 1.82) is 0 Å². The minimum Gasteiger partial charge on any atom is -0.373 e. The number of ether oxygens (including phenoxy) is 1. The Labute approximate surface area is 146 Å². The van der Waals surface area contributed by atoms with E-state index in [-0.39, 0.29) is 17.4 Å². The van der Waals surface area contributed by atoms with E-state index < -0.39 is 12.1 Å². The van der Waals surface area contributed by atoms with E-state index in [1.54, 1.807) is 42.5 Å². The van der Waals surface area contributed by atoms with Crippen LogP contribution in [0.25, 0.3) is 0 Å². The van der Waals surface area contributed by atoms with Crippen molar-refractivity contribution in [2.24, 2.45) is 11.7 Å². The maximum atomic E-state index is 13.0. The first kappa shape index (κ1) is 18.2. The molecule has 0 aromatic heterocycles. The normalized spacial score (nSPS) is 10.4. The van der Waals surface area contributed by atoms with E-state index in [4.69, 9.17) is 5.73 Å². The van der Waals surface area contributed by atoms with Gasteiger partial charge in [0.25, 0.3) is 5.91 Å². The van der Waals surface area contributed by atoms with Crippen molar-refractivity contribution in [3.05, 3.63) is 65.7 Å². The van der Waals surface area contributed by atoms with E-state index in [1.165, 1.54) is 11.0 Å². The first-order chi connectivity index (χ1) is 11.9. The van der Waals surface area contributed by atoms with Gasteiger partial charge in [-0.25, -0.2) is 9.59 Å². The lowest BCUT2D eigenvalue weighted by Gasteiger charge is -2.26. The molecule has 2 aromatic carbocycles. The van der Waals surface area contributed by atoms with E-state index in [2.05, 4.69) is 4.74 Å². The van der Waals surface area contributed by atoms with Crippen LogP contribution in [0.4, 0.5) is 10.5 Å². The molecule has 2 N–H and O–H groups in total. The standard InChI is InChI=1S/C19H20N2O4/c1-13(2)12-21(17(22)14-8-4-3-5-9-14)16-11-7-6-10-15(16)18(23)25-19(20)24/h3-11,13H,12H2,1-2H3,(H2,20,24). The number of nitrogens with zero attached hydrogens (tertiary/aromatic N) is 1. The molecule has 0 fully saturated rings. The Morgan fingerprint density at radius 1 is 1.00 bits per heavy atom. The van der Waals surface area contributed by atoms with Crippen LogP contribution in [0.3, 0.4) is 0 Å². The highest BCUT2D eigenvalue weighted by Crippen LogP contribution is 2.24. The van der Waals surface area contributed by atoms with Crippen LogP contribution in [0.2, 0.25) is 0 Å². The zero-order valence-corrected chi connectivity index (χ0v) is 14.1. The zero-order chi connectivity index (χ0) is 18.4. The molecule has 0 unspecified atom stereocenters. The SMILES string of the molecule is CC(C)CN(C(=O)c1ccccc1)c1ccccc1C(=O)OC(N)=O. The molecule has 0 atom stereocenters. The summed E-state index contributed by atoms with van der Waals surface area (Å²) in [4.78, 5) is 37.5. The number of esters is 1. The predicted molar refractivity (Wildman–Crippen MR) is 94.4 cm³/mol. The molecule has 130 valence electrons. The number of amides is 2. The first-order valence-corrected chi connectivity index (χ1v) is 7.87. The van der Waals surface area contributed by atoms with E-state index in [0.717, 1.165) is 0 Å². The Bertz CT molecular complexity index is 772. The third kappa shape index (κ3) is 4.67. The average Bonchev–Trinajstić information content (AvgIpc) is 2.59. The lowest BCUT2D eigenvalue weighted by atomic mass is 10.1. The number of rotatable bonds is 5. The summed E-state index contributed by atoms with van der Waals surface area (Å²) in [6.45, 7) is 4.33. The molecule has 0 heterocycles. The maximum absolute atomic E-state index is 13.0. The van der Waals surface area contributed by atoms with E-state index in [0.29, 0.717) is 17.8 Å². The molecule has 0 bridgehead atoms. The fourth-order valence-electron chi connectivity index (χ4n) is 2.42. The van der Waals surface area contributed by atoms with Crippen molar-refractivity contribution in [2.45, 2.75) is 13.8 Å². The summed E-state index contributed by atoms with van der Waals surface area (Å²) in [7, 11) is 0. The van der Waals surface area contributed by atoms with Gasteiger partial charge in [0.2, 0.25) is 0 Å². The van der Waals surface area contributed by atoms with E-state index in [9.17, 15) is 14.4 Å². The number of benzene rings is 2. The van der Waals surface area contributed by atoms with Gasteiger partial charge in [-0.1, -0.05) is 44.2 Å². The Hall–Kier alpha value is -3.15. The molecule has 25 heavy (non-hydrogen) atoms. The van der Waals surface area contributed by atoms with Crippen LogP contribution in [0.5, 0.6) is 0 Å². The number of primary amides is 1. The Balaban J connectivity index is 2.47. The largest absolute Gasteiger partial charge is 0.412 e. The quantitative estimate of drug-likeness (QED) is 0.668. The van der Waals surface area contributed by atoms with Gasteiger partial charge in [-0.3, -0.25) is 4.79 Å². The van der Waals surface area contributed by atoms with Gasteiger partial charge in [-0.05, 0) is 30.2 Å². The highest BCUT2D eigenvalue weighted by molar-refractivity contribution is 6.10. The van der Waals surface area contributed by atoms with Crippen molar-refractivity contribution in [3.63, 3.8) is 0 Å². The second kappa shape index (κ2) is 8.10. The summed E-state index contributed by atoms with van der Waals surface area (Å²) in [6.07, 6.45) is -1.19. The van der Waals surface area contributed by atoms with Crippen molar-refractivity contribution in [2.75, 3.05) is 11.4 Å². The van der Waals surface area contributed by atoms with Gasteiger partial charge in [0.15, 0.2) is 0 Å². The van der Waals surface area contributed by atoms with E-state index >= 15 is 0 Å². The Morgan fingerprint density at radius 2 is 1.60 bits per heavy atom. The van der Waals surface area contributed by atoms with Gasteiger partial charge >= 0.3 is 12.1 Å². The third-order valence-corrected chi connectivity index (χ3v) is 3.42. The lowest BCUT2D eigenvalue weighted by Crippen LogP contribution is -2.35. The van der Waals surface area contributed by atoms with Crippen LogP contribution in [0.15, 0.2) is 54.6 Å². The van der Waals surface area contributed by atoms with Crippen LogP contribution in [0.1, 0.15) is 34.6 Å². The summed E-state index contributed by atoms with van der Waals surface area (Å²) < 4.78 is 4.48. The second-order valence-electron chi connectivity index (χ2n) is 5.90. The van der Waals surface area contributed by atoms with Gasteiger partial charge in [0.05, 0.1) is 11.3 Å². The number of carbonyl (C=O) groups is 3. The van der Waals surface area contributed by atoms with Crippen LogP contribution in [-0.4, -0.2) is 24.5 Å². The van der Waals surface area contributed by atoms with Crippen LogP contribution < -0.4 is 10.6 Å². The van der Waals surface area contributed by atoms with Gasteiger partial charge in [-0.2, -0.15) is 0 Å².